The SMILES string of the molecule is COc1cc(N)ccc1-c1cn(C)c2ncnc(N)c12. The summed E-state index contributed by atoms with van der Waals surface area (Å²) in [5.74, 6) is 1.14. The van der Waals surface area contributed by atoms with Crippen molar-refractivity contribution < 1.29 is 4.74 Å². The second-order valence-electron chi connectivity index (χ2n) is 4.57. The van der Waals surface area contributed by atoms with Crippen LogP contribution >= 0.6 is 0 Å². The number of nitrogen functional groups attached to an aromatic ring is 2. The Morgan fingerprint density at radius 2 is 1.95 bits per heavy atom. The first-order chi connectivity index (χ1) is 9.61. The fourth-order valence-corrected chi connectivity index (χ4v) is 2.37. The predicted octanol–water partition coefficient (Wildman–Crippen LogP) is 1.81. The quantitative estimate of drug-likeness (QED) is 0.692. The maximum atomic E-state index is 6.00. The first kappa shape index (κ1) is 12.3. The molecule has 0 unspecified atom stereocenters. The van der Waals surface area contributed by atoms with E-state index >= 15 is 0 Å². The molecule has 0 aliphatic rings. The van der Waals surface area contributed by atoms with Crippen LogP contribution in [0, 0.1) is 0 Å². The molecule has 3 rings (SSSR count). The summed E-state index contributed by atoms with van der Waals surface area (Å²) >= 11 is 0. The lowest BCUT2D eigenvalue weighted by Gasteiger charge is -2.08. The number of benzene rings is 1. The first-order valence-electron chi connectivity index (χ1n) is 6.11. The molecule has 20 heavy (non-hydrogen) atoms. The molecule has 0 aliphatic heterocycles. The van der Waals surface area contributed by atoms with Crippen LogP contribution in [-0.4, -0.2) is 21.6 Å². The molecule has 3 aromatic rings. The van der Waals surface area contributed by atoms with Crippen LogP contribution in [0.3, 0.4) is 0 Å². The Labute approximate surface area is 116 Å². The number of fused-ring (bicyclic) bond motifs is 1. The van der Waals surface area contributed by atoms with Crippen LogP contribution in [0.2, 0.25) is 0 Å². The number of hydrogen-bond acceptors (Lipinski definition) is 5. The van der Waals surface area contributed by atoms with Crippen LogP contribution < -0.4 is 16.2 Å². The van der Waals surface area contributed by atoms with Gasteiger partial charge in [-0.15, -0.1) is 0 Å². The van der Waals surface area contributed by atoms with E-state index in [-0.39, 0.29) is 0 Å². The molecule has 2 heterocycles. The molecule has 4 N–H and O–H groups in total. The largest absolute Gasteiger partial charge is 0.496 e. The summed E-state index contributed by atoms with van der Waals surface area (Å²) in [6.45, 7) is 0. The van der Waals surface area contributed by atoms with Crippen LogP contribution in [0.15, 0.2) is 30.7 Å². The van der Waals surface area contributed by atoms with E-state index in [0.29, 0.717) is 17.3 Å². The zero-order valence-electron chi connectivity index (χ0n) is 11.3. The van der Waals surface area contributed by atoms with Crippen molar-refractivity contribution in [3.05, 3.63) is 30.7 Å². The molecule has 1 aromatic carbocycles. The van der Waals surface area contributed by atoms with Crippen LogP contribution in [0.4, 0.5) is 11.5 Å². The first-order valence-corrected chi connectivity index (χ1v) is 6.11. The summed E-state index contributed by atoms with van der Waals surface area (Å²) in [4.78, 5) is 8.33. The highest BCUT2D eigenvalue weighted by Crippen LogP contribution is 2.38. The number of aromatic nitrogens is 3. The van der Waals surface area contributed by atoms with Gasteiger partial charge >= 0.3 is 0 Å². The lowest BCUT2D eigenvalue weighted by molar-refractivity contribution is 0.416. The minimum absolute atomic E-state index is 0.449. The molecule has 0 spiro atoms. The monoisotopic (exact) mass is 269 g/mol. The van der Waals surface area contributed by atoms with Gasteiger partial charge in [-0.2, -0.15) is 0 Å². The van der Waals surface area contributed by atoms with Crippen LogP contribution in [0.5, 0.6) is 5.75 Å². The molecule has 0 fully saturated rings. The van der Waals surface area contributed by atoms with Gasteiger partial charge in [0.15, 0.2) is 0 Å². The van der Waals surface area contributed by atoms with E-state index in [1.54, 1.807) is 13.2 Å². The van der Waals surface area contributed by atoms with Gasteiger partial charge in [0.05, 0.1) is 12.5 Å². The molecule has 2 aromatic heterocycles. The van der Waals surface area contributed by atoms with Crippen LogP contribution in [-0.2, 0) is 7.05 Å². The van der Waals surface area contributed by atoms with E-state index in [1.165, 1.54) is 6.33 Å². The number of hydrogen-bond donors (Lipinski definition) is 2. The average Bonchev–Trinajstić information content (AvgIpc) is 2.77. The molecule has 6 heteroatoms. The minimum Gasteiger partial charge on any atom is -0.496 e. The van der Waals surface area contributed by atoms with Crippen molar-refractivity contribution in [1.29, 1.82) is 0 Å². The standard InChI is InChI=1S/C14H15N5O/c1-19-6-10(12-13(16)17-7-18-14(12)19)9-4-3-8(15)5-11(9)20-2/h3-7H,15H2,1-2H3,(H2,16,17,18). The number of aryl methyl sites for hydroxylation is 1. The van der Waals surface area contributed by atoms with Crippen molar-refractivity contribution in [3.8, 4) is 16.9 Å². The predicted molar refractivity (Wildman–Crippen MR) is 79.3 cm³/mol. The van der Waals surface area contributed by atoms with Crippen LogP contribution in [0.1, 0.15) is 0 Å². The number of ether oxygens (including phenoxy) is 1. The second-order valence-corrected chi connectivity index (χ2v) is 4.57. The third-order valence-electron chi connectivity index (χ3n) is 3.30. The molecule has 102 valence electrons. The van der Waals surface area contributed by atoms with Crippen molar-refractivity contribution in [1.82, 2.24) is 14.5 Å². The third-order valence-corrected chi connectivity index (χ3v) is 3.30. The summed E-state index contributed by atoms with van der Waals surface area (Å²) in [6, 6.07) is 5.53. The van der Waals surface area contributed by atoms with Crippen molar-refractivity contribution in [2.24, 2.45) is 7.05 Å². The van der Waals surface area contributed by atoms with Gasteiger partial charge in [-0.05, 0) is 12.1 Å². The number of nitrogens with zero attached hydrogens (tertiary/aromatic N) is 3. The van der Waals surface area contributed by atoms with Gasteiger partial charge in [-0.3, -0.25) is 0 Å². The Hall–Kier alpha value is -2.76. The molecule has 6 nitrogen and oxygen atoms in total. The van der Waals surface area contributed by atoms with E-state index in [2.05, 4.69) is 9.97 Å². The lowest BCUT2D eigenvalue weighted by atomic mass is 10.0. The van der Waals surface area contributed by atoms with E-state index < -0.39 is 0 Å². The number of rotatable bonds is 2. The molecule has 0 saturated carbocycles. The van der Waals surface area contributed by atoms with Gasteiger partial charge in [-0.1, -0.05) is 0 Å². The molecular formula is C14H15N5O. The van der Waals surface area contributed by atoms with Gasteiger partial charge in [0.25, 0.3) is 0 Å². The van der Waals surface area contributed by atoms with Crippen molar-refractivity contribution >= 4 is 22.5 Å². The number of nitrogens with two attached hydrogens (primary N) is 2. The molecule has 0 aliphatic carbocycles. The average molecular weight is 269 g/mol. The third kappa shape index (κ3) is 1.73. The van der Waals surface area contributed by atoms with Crippen LogP contribution in [0.25, 0.3) is 22.2 Å². The van der Waals surface area contributed by atoms with Gasteiger partial charge in [-0.25, -0.2) is 9.97 Å². The maximum absolute atomic E-state index is 6.00. The van der Waals surface area contributed by atoms with Gasteiger partial charge in [0.2, 0.25) is 0 Å². The Balaban J connectivity index is 2.36. The molecular weight excluding hydrogens is 254 g/mol. The topological polar surface area (TPSA) is 92.0 Å². The molecule has 0 atom stereocenters. The Bertz CT molecular complexity index is 794. The van der Waals surface area contributed by atoms with E-state index in [1.807, 2.05) is 29.9 Å². The zero-order chi connectivity index (χ0) is 14.3. The normalized spacial score (nSPS) is 10.9. The summed E-state index contributed by atoms with van der Waals surface area (Å²) in [6.07, 6.45) is 3.42. The fraction of sp³-hybridized carbons (Fsp3) is 0.143. The summed E-state index contributed by atoms with van der Waals surface area (Å²) < 4.78 is 7.32. The van der Waals surface area contributed by atoms with Crippen molar-refractivity contribution in [2.75, 3.05) is 18.6 Å². The Morgan fingerprint density at radius 3 is 2.70 bits per heavy atom. The highest BCUT2D eigenvalue weighted by molar-refractivity contribution is 6.01. The lowest BCUT2D eigenvalue weighted by Crippen LogP contribution is -1.95. The van der Waals surface area contributed by atoms with Crippen molar-refractivity contribution in [3.63, 3.8) is 0 Å². The van der Waals surface area contributed by atoms with Gasteiger partial charge < -0.3 is 20.8 Å². The van der Waals surface area contributed by atoms with Gasteiger partial charge in [0, 0.05) is 36.1 Å². The highest BCUT2D eigenvalue weighted by Gasteiger charge is 2.16. The number of methoxy groups -OCH3 is 1. The highest BCUT2D eigenvalue weighted by atomic mass is 16.5. The van der Waals surface area contributed by atoms with E-state index in [0.717, 1.165) is 22.2 Å². The zero-order valence-corrected chi connectivity index (χ0v) is 11.3. The molecule has 0 amide bonds. The summed E-state index contributed by atoms with van der Waals surface area (Å²) in [7, 11) is 3.53. The molecule has 0 radical (unpaired) electrons. The Morgan fingerprint density at radius 1 is 1.15 bits per heavy atom. The maximum Gasteiger partial charge on any atom is 0.145 e. The Kier molecular flexibility index (Phi) is 2.71. The summed E-state index contributed by atoms with van der Waals surface area (Å²) in [5.41, 5.74) is 15.1. The summed E-state index contributed by atoms with van der Waals surface area (Å²) in [5, 5.41) is 0.818. The van der Waals surface area contributed by atoms with Gasteiger partial charge in [0.1, 0.15) is 23.5 Å². The molecule has 0 saturated heterocycles. The molecule has 0 bridgehead atoms. The number of anilines is 2. The smallest absolute Gasteiger partial charge is 0.145 e. The van der Waals surface area contributed by atoms with E-state index in [4.69, 9.17) is 16.2 Å². The minimum atomic E-state index is 0.449. The fourth-order valence-electron chi connectivity index (χ4n) is 2.37. The second kappa shape index (κ2) is 4.41. The van der Waals surface area contributed by atoms with Crippen molar-refractivity contribution in [2.45, 2.75) is 0 Å². The van der Waals surface area contributed by atoms with E-state index in [9.17, 15) is 0 Å².